The fourth-order valence-corrected chi connectivity index (χ4v) is 3.18. The predicted molar refractivity (Wildman–Crippen MR) is 108 cm³/mol. The second-order valence-corrected chi connectivity index (χ2v) is 6.54. The van der Waals surface area contributed by atoms with Crippen LogP contribution in [-0.4, -0.2) is 33.0 Å². The largest absolute Gasteiger partial charge is 0.481 e. The molecular weight excluding hydrogens is 378 g/mol. The summed E-state index contributed by atoms with van der Waals surface area (Å²) in [6, 6.07) is 11.0. The molecule has 0 atom stereocenters. The minimum Gasteiger partial charge on any atom is -0.481 e. The average molecular weight is 394 g/mol. The topological polar surface area (TPSA) is 92.8 Å². The fourth-order valence-electron chi connectivity index (χ4n) is 3.02. The molecule has 4 rings (SSSR count). The molecule has 0 radical (unpaired) electrons. The lowest BCUT2D eigenvalue weighted by Gasteiger charge is -2.08. The van der Waals surface area contributed by atoms with E-state index in [2.05, 4.69) is 25.3 Å². The normalized spacial score (nSPS) is 10.8. The summed E-state index contributed by atoms with van der Waals surface area (Å²) < 4.78 is 5.27. The summed E-state index contributed by atoms with van der Waals surface area (Å²) in [5, 5.41) is 3.23. The maximum Gasteiger partial charge on any atom is 0.222 e. The van der Waals surface area contributed by atoms with Crippen molar-refractivity contribution in [3.05, 3.63) is 53.8 Å². The molecule has 0 unspecified atom stereocenters. The molecule has 4 heterocycles. The monoisotopic (exact) mass is 393 g/mol. The number of amides is 1. The van der Waals surface area contributed by atoms with Crippen molar-refractivity contribution in [1.82, 2.24) is 19.9 Å². The number of aromatic nitrogens is 4. The number of ether oxygens (including phenoxy) is 1. The summed E-state index contributed by atoms with van der Waals surface area (Å²) in [6.45, 7) is 1.44. The van der Waals surface area contributed by atoms with Crippen LogP contribution in [0.4, 0.5) is 5.82 Å². The number of fused-ring (bicyclic) bond motifs is 1. The summed E-state index contributed by atoms with van der Waals surface area (Å²) in [5.74, 6) is 0.768. The van der Waals surface area contributed by atoms with E-state index in [1.807, 2.05) is 24.3 Å². The Morgan fingerprint density at radius 3 is 2.86 bits per heavy atom. The molecule has 1 amide bonds. The van der Waals surface area contributed by atoms with Gasteiger partial charge < -0.3 is 15.0 Å². The third-order valence-electron chi connectivity index (χ3n) is 4.14. The van der Waals surface area contributed by atoms with Crippen molar-refractivity contribution >= 4 is 34.4 Å². The quantitative estimate of drug-likeness (QED) is 0.539. The highest BCUT2D eigenvalue weighted by Crippen LogP contribution is 2.38. The summed E-state index contributed by atoms with van der Waals surface area (Å²) in [5.41, 5.74) is 4.64. The van der Waals surface area contributed by atoms with E-state index in [9.17, 15) is 4.79 Å². The SMILES string of the molecule is COc1cccc(-c2c(-c3ccnc(NC(C)=O)c3)[nH]c3cc(Cl)cnc23)n1. The molecule has 7 nitrogen and oxygen atoms in total. The van der Waals surface area contributed by atoms with Gasteiger partial charge in [0, 0.05) is 30.9 Å². The Balaban J connectivity index is 1.96. The van der Waals surface area contributed by atoms with Gasteiger partial charge in [0.1, 0.15) is 5.82 Å². The molecule has 4 aromatic heterocycles. The van der Waals surface area contributed by atoms with E-state index in [1.54, 1.807) is 31.6 Å². The Hall–Kier alpha value is -3.45. The number of rotatable bonds is 4. The molecule has 0 aliphatic rings. The van der Waals surface area contributed by atoms with E-state index < -0.39 is 0 Å². The summed E-state index contributed by atoms with van der Waals surface area (Å²) in [4.78, 5) is 28.0. The first-order valence-electron chi connectivity index (χ1n) is 8.48. The third kappa shape index (κ3) is 3.39. The number of pyridine rings is 3. The molecule has 28 heavy (non-hydrogen) atoms. The molecule has 4 aromatic rings. The van der Waals surface area contributed by atoms with Gasteiger partial charge >= 0.3 is 0 Å². The van der Waals surface area contributed by atoms with Crippen LogP contribution in [0.5, 0.6) is 5.88 Å². The van der Waals surface area contributed by atoms with Crippen LogP contribution in [0.1, 0.15) is 6.92 Å². The first-order valence-corrected chi connectivity index (χ1v) is 8.85. The number of anilines is 1. The number of H-pyrrole nitrogens is 1. The number of hydrogen-bond acceptors (Lipinski definition) is 5. The van der Waals surface area contributed by atoms with Crippen LogP contribution in [0.2, 0.25) is 5.02 Å². The van der Waals surface area contributed by atoms with Gasteiger partial charge in [0.15, 0.2) is 0 Å². The highest BCUT2D eigenvalue weighted by atomic mass is 35.5. The smallest absolute Gasteiger partial charge is 0.222 e. The van der Waals surface area contributed by atoms with Gasteiger partial charge in [0.25, 0.3) is 0 Å². The first kappa shape index (κ1) is 17.9. The fraction of sp³-hybridized carbons (Fsp3) is 0.100. The van der Waals surface area contributed by atoms with Gasteiger partial charge in [-0.3, -0.25) is 9.78 Å². The van der Waals surface area contributed by atoms with E-state index in [0.29, 0.717) is 22.4 Å². The Morgan fingerprint density at radius 1 is 1.21 bits per heavy atom. The molecule has 0 aromatic carbocycles. The van der Waals surface area contributed by atoms with Crippen molar-refractivity contribution in [3.63, 3.8) is 0 Å². The second kappa shape index (κ2) is 7.28. The molecule has 0 saturated carbocycles. The van der Waals surface area contributed by atoms with Gasteiger partial charge in [0.2, 0.25) is 11.8 Å². The van der Waals surface area contributed by atoms with E-state index >= 15 is 0 Å². The Kier molecular flexibility index (Phi) is 4.67. The number of carbonyl (C=O) groups is 1. The standard InChI is InChI=1S/C20H16ClN5O2/c1-11(27)24-16-8-12(6-7-22-16)19-18(14-4-3-5-17(25-14)28-2)20-15(26-19)9-13(21)10-23-20/h3-10,26H,1-2H3,(H,22,24,27). The lowest BCUT2D eigenvalue weighted by molar-refractivity contribution is -0.114. The van der Waals surface area contributed by atoms with Crippen molar-refractivity contribution < 1.29 is 9.53 Å². The van der Waals surface area contributed by atoms with Crippen LogP contribution in [0.3, 0.4) is 0 Å². The van der Waals surface area contributed by atoms with Crippen molar-refractivity contribution in [3.8, 4) is 28.4 Å². The van der Waals surface area contributed by atoms with Crippen LogP contribution in [0, 0.1) is 0 Å². The molecule has 0 saturated heterocycles. The van der Waals surface area contributed by atoms with E-state index in [1.165, 1.54) is 6.92 Å². The van der Waals surface area contributed by atoms with Gasteiger partial charge in [-0.1, -0.05) is 17.7 Å². The maximum atomic E-state index is 11.4. The van der Waals surface area contributed by atoms with E-state index in [4.69, 9.17) is 16.3 Å². The van der Waals surface area contributed by atoms with Crippen LogP contribution < -0.4 is 10.1 Å². The number of hydrogen-bond donors (Lipinski definition) is 2. The summed E-state index contributed by atoms with van der Waals surface area (Å²) in [6.07, 6.45) is 3.23. The zero-order chi connectivity index (χ0) is 19.7. The summed E-state index contributed by atoms with van der Waals surface area (Å²) in [7, 11) is 1.57. The zero-order valence-electron chi connectivity index (χ0n) is 15.2. The third-order valence-corrected chi connectivity index (χ3v) is 4.35. The number of halogens is 1. The maximum absolute atomic E-state index is 11.4. The number of aromatic amines is 1. The van der Waals surface area contributed by atoms with Gasteiger partial charge in [0.05, 0.1) is 40.1 Å². The molecular formula is C20H16ClN5O2. The minimum atomic E-state index is -0.190. The molecule has 0 aliphatic carbocycles. The second-order valence-electron chi connectivity index (χ2n) is 6.10. The van der Waals surface area contributed by atoms with Crippen molar-refractivity contribution in [2.24, 2.45) is 0 Å². The number of carbonyl (C=O) groups excluding carboxylic acids is 1. The van der Waals surface area contributed by atoms with E-state index in [-0.39, 0.29) is 5.91 Å². The molecule has 0 bridgehead atoms. The zero-order valence-corrected chi connectivity index (χ0v) is 15.9. The van der Waals surface area contributed by atoms with Gasteiger partial charge in [-0.25, -0.2) is 9.97 Å². The van der Waals surface area contributed by atoms with Crippen LogP contribution in [0.25, 0.3) is 33.5 Å². The number of methoxy groups -OCH3 is 1. The van der Waals surface area contributed by atoms with Crippen LogP contribution >= 0.6 is 11.6 Å². The van der Waals surface area contributed by atoms with Crippen molar-refractivity contribution in [2.45, 2.75) is 6.92 Å². The predicted octanol–water partition coefficient (Wildman–Crippen LogP) is 4.31. The van der Waals surface area contributed by atoms with Crippen LogP contribution in [0.15, 0.2) is 48.8 Å². The van der Waals surface area contributed by atoms with Gasteiger partial charge in [-0.05, 0) is 24.3 Å². The average Bonchev–Trinajstić information content (AvgIpc) is 3.06. The summed E-state index contributed by atoms with van der Waals surface area (Å²) >= 11 is 6.13. The first-order chi connectivity index (χ1) is 13.5. The molecule has 0 aliphatic heterocycles. The van der Waals surface area contributed by atoms with Crippen LogP contribution in [-0.2, 0) is 4.79 Å². The highest BCUT2D eigenvalue weighted by Gasteiger charge is 2.18. The molecule has 8 heteroatoms. The Labute approximate surface area is 165 Å². The Bertz CT molecular complexity index is 1190. The lowest BCUT2D eigenvalue weighted by Crippen LogP contribution is -2.07. The molecule has 0 fully saturated rings. The number of nitrogens with zero attached hydrogens (tertiary/aromatic N) is 3. The Morgan fingerprint density at radius 2 is 2.07 bits per heavy atom. The van der Waals surface area contributed by atoms with Gasteiger partial charge in [-0.15, -0.1) is 0 Å². The minimum absolute atomic E-state index is 0.190. The van der Waals surface area contributed by atoms with Crippen molar-refractivity contribution in [1.29, 1.82) is 0 Å². The molecule has 0 spiro atoms. The lowest BCUT2D eigenvalue weighted by atomic mass is 10.0. The molecule has 140 valence electrons. The van der Waals surface area contributed by atoms with Crippen molar-refractivity contribution in [2.75, 3.05) is 12.4 Å². The van der Waals surface area contributed by atoms with Gasteiger partial charge in [-0.2, -0.15) is 0 Å². The number of nitrogens with one attached hydrogen (secondary N) is 2. The molecule has 2 N–H and O–H groups in total. The highest BCUT2D eigenvalue weighted by molar-refractivity contribution is 6.31. The van der Waals surface area contributed by atoms with E-state index in [0.717, 1.165) is 27.9 Å².